The second-order valence-electron chi connectivity index (χ2n) is 5.43. The predicted molar refractivity (Wildman–Crippen MR) is 67.7 cm³/mol. The number of carbonyl (C=O) groups is 2. The third-order valence-corrected chi connectivity index (χ3v) is 4.22. The fraction of sp³-hybridized carbons (Fsp3) is 0.333. The van der Waals surface area contributed by atoms with Gasteiger partial charge in [0.05, 0.1) is 11.6 Å². The van der Waals surface area contributed by atoms with Gasteiger partial charge in [0.2, 0.25) is 5.91 Å². The summed E-state index contributed by atoms with van der Waals surface area (Å²) < 4.78 is 26.6. The number of fused-ring (bicyclic) bond motifs is 2. The van der Waals surface area contributed by atoms with Crippen LogP contribution in [-0.2, 0) is 9.59 Å². The van der Waals surface area contributed by atoms with Crippen molar-refractivity contribution in [1.82, 2.24) is 0 Å². The third-order valence-electron chi connectivity index (χ3n) is 4.22. The summed E-state index contributed by atoms with van der Waals surface area (Å²) in [6, 6.07) is 2.71. The Bertz CT molecular complexity index is 644. The van der Waals surface area contributed by atoms with Crippen LogP contribution in [-0.4, -0.2) is 11.9 Å². The summed E-state index contributed by atoms with van der Waals surface area (Å²) in [6.07, 6.45) is 4.15. The van der Waals surface area contributed by atoms with E-state index in [9.17, 15) is 23.5 Å². The number of hydrogen-bond donors (Lipinski definition) is 1. The topological polar surface area (TPSA) is 69.2 Å². The second-order valence-corrected chi connectivity index (χ2v) is 5.43. The molecule has 110 valence electrons. The Kier molecular flexibility index (Phi) is 3.23. The van der Waals surface area contributed by atoms with Gasteiger partial charge in [-0.15, -0.1) is 0 Å². The quantitative estimate of drug-likeness (QED) is 0.848. The van der Waals surface area contributed by atoms with Gasteiger partial charge in [-0.3, -0.25) is 4.79 Å². The lowest BCUT2D eigenvalue weighted by Gasteiger charge is -2.27. The van der Waals surface area contributed by atoms with Crippen molar-refractivity contribution in [2.75, 3.05) is 5.32 Å². The lowest BCUT2D eigenvalue weighted by atomic mass is 9.82. The lowest BCUT2D eigenvalue weighted by molar-refractivity contribution is -0.313. The number of benzene rings is 1. The highest BCUT2D eigenvalue weighted by Crippen LogP contribution is 2.48. The van der Waals surface area contributed by atoms with Crippen LogP contribution in [0, 0.1) is 35.3 Å². The van der Waals surface area contributed by atoms with Crippen LogP contribution in [0.4, 0.5) is 14.5 Å². The van der Waals surface area contributed by atoms with Crippen molar-refractivity contribution in [3.05, 3.63) is 42.0 Å². The number of hydrogen-bond acceptors (Lipinski definition) is 3. The summed E-state index contributed by atoms with van der Waals surface area (Å²) in [5.74, 6) is -5.52. The molecule has 0 unspecified atom stereocenters. The number of carboxylic acids is 1. The molecular formula is C15H12F2NO3-. The van der Waals surface area contributed by atoms with E-state index in [1.165, 1.54) is 0 Å². The molecule has 1 aromatic carbocycles. The van der Waals surface area contributed by atoms with Crippen LogP contribution in [0.2, 0.25) is 0 Å². The molecule has 21 heavy (non-hydrogen) atoms. The standard InChI is InChI=1S/C15H13F2NO3/c16-9-3-4-10(17)11(6-9)18-14(19)12-7-1-2-8(5-7)13(12)15(20)21/h1-4,6-8,12-13H,5H2,(H,18,19)(H,20,21)/p-1/t7-,8+,12-,13+/m1/s1. The maximum atomic E-state index is 13.5. The van der Waals surface area contributed by atoms with Gasteiger partial charge in [-0.05, 0) is 30.4 Å². The van der Waals surface area contributed by atoms with Gasteiger partial charge in [0, 0.05) is 18.0 Å². The van der Waals surface area contributed by atoms with Crippen LogP contribution in [0.1, 0.15) is 6.42 Å². The molecule has 1 N–H and O–H groups in total. The first-order valence-corrected chi connectivity index (χ1v) is 6.62. The lowest BCUT2D eigenvalue weighted by Crippen LogP contribution is -2.43. The number of anilines is 1. The Morgan fingerprint density at radius 1 is 1.14 bits per heavy atom. The van der Waals surface area contributed by atoms with Crippen molar-refractivity contribution < 1.29 is 23.5 Å². The van der Waals surface area contributed by atoms with Crippen molar-refractivity contribution in [2.24, 2.45) is 23.7 Å². The summed E-state index contributed by atoms with van der Waals surface area (Å²) >= 11 is 0. The van der Waals surface area contributed by atoms with Crippen molar-refractivity contribution in [3.8, 4) is 0 Å². The highest BCUT2D eigenvalue weighted by molar-refractivity contribution is 5.96. The Morgan fingerprint density at radius 3 is 2.48 bits per heavy atom. The van der Waals surface area contributed by atoms with E-state index >= 15 is 0 Å². The van der Waals surface area contributed by atoms with Crippen LogP contribution < -0.4 is 10.4 Å². The molecule has 2 aliphatic carbocycles. The number of nitrogens with one attached hydrogen (secondary N) is 1. The average molecular weight is 292 g/mol. The molecule has 0 aliphatic heterocycles. The van der Waals surface area contributed by atoms with Crippen molar-refractivity contribution >= 4 is 17.6 Å². The van der Waals surface area contributed by atoms with Gasteiger partial charge in [0.1, 0.15) is 11.6 Å². The number of amides is 1. The number of allylic oxidation sites excluding steroid dienone is 2. The Labute approximate surface area is 119 Å². The largest absolute Gasteiger partial charge is 0.550 e. The van der Waals surface area contributed by atoms with Crippen molar-refractivity contribution in [3.63, 3.8) is 0 Å². The van der Waals surface area contributed by atoms with Gasteiger partial charge in [0.15, 0.2) is 0 Å². The van der Waals surface area contributed by atoms with Crippen molar-refractivity contribution in [2.45, 2.75) is 6.42 Å². The Morgan fingerprint density at radius 2 is 1.81 bits per heavy atom. The highest BCUT2D eigenvalue weighted by atomic mass is 19.1. The smallest absolute Gasteiger partial charge is 0.228 e. The normalized spacial score (nSPS) is 29.6. The second kappa shape index (κ2) is 4.95. The third kappa shape index (κ3) is 2.30. The maximum absolute atomic E-state index is 13.5. The zero-order valence-corrected chi connectivity index (χ0v) is 10.9. The molecule has 0 heterocycles. The molecule has 4 nitrogen and oxygen atoms in total. The zero-order valence-electron chi connectivity index (χ0n) is 10.9. The first-order valence-electron chi connectivity index (χ1n) is 6.62. The molecular weight excluding hydrogens is 280 g/mol. The SMILES string of the molecule is O=C([O-])[C@@H]1[C@H](C(=O)Nc2cc(F)ccc2F)[C@@H]2C=C[C@H]1C2. The van der Waals surface area contributed by atoms with E-state index in [4.69, 9.17) is 0 Å². The molecule has 6 heteroatoms. The van der Waals surface area contributed by atoms with Gasteiger partial charge in [-0.25, -0.2) is 8.78 Å². The Balaban J connectivity index is 1.83. The maximum Gasteiger partial charge on any atom is 0.228 e. The minimum atomic E-state index is -1.29. The van der Waals surface area contributed by atoms with E-state index in [2.05, 4.69) is 5.32 Å². The Hall–Kier alpha value is -2.24. The fourth-order valence-corrected chi connectivity index (χ4v) is 3.31. The summed E-state index contributed by atoms with van der Waals surface area (Å²) in [7, 11) is 0. The van der Waals surface area contributed by atoms with Crippen molar-refractivity contribution in [1.29, 1.82) is 0 Å². The van der Waals surface area contributed by atoms with E-state index in [1.54, 1.807) is 12.2 Å². The first-order chi connectivity index (χ1) is 9.97. The minimum Gasteiger partial charge on any atom is -0.550 e. The van der Waals surface area contributed by atoms with Crippen LogP contribution in [0.15, 0.2) is 30.4 Å². The number of rotatable bonds is 3. The first kappa shape index (κ1) is 13.7. The molecule has 1 fully saturated rings. The van der Waals surface area contributed by atoms with Crippen LogP contribution in [0.5, 0.6) is 0 Å². The number of aliphatic carboxylic acids is 1. The summed E-state index contributed by atoms with van der Waals surface area (Å²) in [6.45, 7) is 0. The van der Waals surface area contributed by atoms with Crippen LogP contribution >= 0.6 is 0 Å². The molecule has 0 radical (unpaired) electrons. The molecule has 1 amide bonds. The van der Waals surface area contributed by atoms with Crippen LogP contribution in [0.3, 0.4) is 0 Å². The van der Waals surface area contributed by atoms with E-state index in [-0.39, 0.29) is 17.5 Å². The minimum absolute atomic E-state index is 0.200. The van der Waals surface area contributed by atoms with Gasteiger partial charge in [-0.1, -0.05) is 12.2 Å². The predicted octanol–water partition coefficient (Wildman–Crippen LogP) is 1.09. The fourth-order valence-electron chi connectivity index (χ4n) is 3.31. The molecule has 2 bridgehead atoms. The summed E-state index contributed by atoms with van der Waals surface area (Å²) in [4.78, 5) is 23.5. The van der Waals surface area contributed by atoms with Gasteiger partial charge in [-0.2, -0.15) is 0 Å². The van der Waals surface area contributed by atoms with E-state index in [0.717, 1.165) is 18.2 Å². The molecule has 2 aliphatic rings. The number of carbonyl (C=O) groups excluding carboxylic acids is 2. The molecule has 3 rings (SSSR count). The zero-order chi connectivity index (χ0) is 15.1. The highest BCUT2D eigenvalue weighted by Gasteiger charge is 2.48. The molecule has 4 atom stereocenters. The summed E-state index contributed by atoms with van der Waals surface area (Å²) in [5.41, 5.74) is -0.288. The van der Waals surface area contributed by atoms with E-state index < -0.39 is 35.3 Å². The summed E-state index contributed by atoms with van der Waals surface area (Å²) in [5, 5.41) is 13.5. The number of carboxylic acid groups (broad SMARTS) is 1. The van der Waals surface area contributed by atoms with Crippen LogP contribution in [0.25, 0.3) is 0 Å². The average Bonchev–Trinajstić information content (AvgIpc) is 3.03. The molecule has 1 saturated carbocycles. The monoisotopic (exact) mass is 292 g/mol. The number of halogens is 2. The van der Waals surface area contributed by atoms with E-state index in [1.807, 2.05) is 0 Å². The van der Waals surface area contributed by atoms with Gasteiger partial charge < -0.3 is 15.2 Å². The molecule has 0 aromatic heterocycles. The van der Waals surface area contributed by atoms with E-state index in [0.29, 0.717) is 6.42 Å². The molecule has 1 aromatic rings. The van der Waals surface area contributed by atoms with Gasteiger partial charge in [0.25, 0.3) is 0 Å². The molecule has 0 spiro atoms. The van der Waals surface area contributed by atoms with Gasteiger partial charge >= 0.3 is 0 Å². The molecule has 0 saturated heterocycles.